The van der Waals surface area contributed by atoms with Gasteiger partial charge in [-0.1, -0.05) is 43.1 Å². The molecule has 5 heteroatoms. The van der Waals surface area contributed by atoms with E-state index in [1.807, 2.05) is 17.5 Å². The Bertz CT molecular complexity index is 552. The first-order valence-corrected chi connectivity index (χ1v) is 7.29. The fourth-order valence-corrected chi connectivity index (χ4v) is 2.81. The highest BCUT2D eigenvalue weighted by atomic mass is 35.5. The number of thiazole rings is 1. The van der Waals surface area contributed by atoms with E-state index in [-0.39, 0.29) is 6.04 Å². The van der Waals surface area contributed by atoms with Gasteiger partial charge in [0, 0.05) is 10.9 Å². The molecule has 0 aliphatic carbocycles. The van der Waals surface area contributed by atoms with Crippen LogP contribution in [0.25, 0.3) is 11.3 Å². The molecule has 0 saturated heterocycles. The Labute approximate surface area is 121 Å². The lowest BCUT2D eigenvalue weighted by molar-refractivity contribution is 0.512. The number of nitrogens with two attached hydrogens (primary N) is 1. The molecule has 1 heterocycles. The van der Waals surface area contributed by atoms with Gasteiger partial charge in [0.25, 0.3) is 0 Å². The van der Waals surface area contributed by atoms with Crippen LogP contribution >= 0.6 is 34.5 Å². The van der Waals surface area contributed by atoms with E-state index < -0.39 is 0 Å². The second-order valence-corrected chi connectivity index (χ2v) is 6.17. The number of benzene rings is 1. The zero-order valence-electron chi connectivity index (χ0n) is 10.2. The Morgan fingerprint density at radius 1 is 1.22 bits per heavy atom. The average Bonchev–Trinajstić information content (AvgIpc) is 2.81. The monoisotopic (exact) mass is 300 g/mol. The van der Waals surface area contributed by atoms with Crippen LogP contribution in [0.2, 0.25) is 10.0 Å². The van der Waals surface area contributed by atoms with Gasteiger partial charge in [0.15, 0.2) is 0 Å². The predicted molar refractivity (Wildman–Crippen MR) is 79.3 cm³/mol. The maximum Gasteiger partial charge on any atom is 0.110 e. The minimum absolute atomic E-state index is 0.0217. The Morgan fingerprint density at radius 2 is 1.94 bits per heavy atom. The predicted octanol–water partition coefficient (Wildman–Crippen LogP) is 4.77. The summed E-state index contributed by atoms with van der Waals surface area (Å²) in [5, 5.41) is 4.04. The van der Waals surface area contributed by atoms with Gasteiger partial charge < -0.3 is 5.73 Å². The van der Waals surface area contributed by atoms with E-state index in [1.165, 1.54) is 0 Å². The highest BCUT2D eigenvalue weighted by Gasteiger charge is 2.15. The molecule has 1 unspecified atom stereocenters. The fourth-order valence-electron chi connectivity index (χ4n) is 1.51. The first kappa shape index (κ1) is 13.8. The van der Waals surface area contributed by atoms with E-state index in [9.17, 15) is 0 Å². The van der Waals surface area contributed by atoms with Crippen molar-refractivity contribution in [3.05, 3.63) is 38.6 Å². The molecule has 2 nitrogen and oxygen atoms in total. The van der Waals surface area contributed by atoms with E-state index in [0.29, 0.717) is 16.0 Å². The summed E-state index contributed by atoms with van der Waals surface area (Å²) < 4.78 is 0. The molecule has 0 bridgehead atoms. The Hall–Kier alpha value is -0.610. The fraction of sp³-hybridized carbons (Fsp3) is 0.308. The molecule has 1 atom stereocenters. The molecule has 96 valence electrons. The van der Waals surface area contributed by atoms with Gasteiger partial charge in [-0.05, 0) is 18.1 Å². The molecule has 2 aromatic rings. The smallest absolute Gasteiger partial charge is 0.110 e. The molecule has 0 amide bonds. The largest absolute Gasteiger partial charge is 0.322 e. The topological polar surface area (TPSA) is 38.9 Å². The van der Waals surface area contributed by atoms with Crippen LogP contribution in [-0.2, 0) is 0 Å². The van der Waals surface area contributed by atoms with Crippen LogP contribution < -0.4 is 5.73 Å². The summed E-state index contributed by atoms with van der Waals surface area (Å²) >= 11 is 13.5. The van der Waals surface area contributed by atoms with Crippen LogP contribution in [0.15, 0.2) is 23.6 Å². The molecule has 18 heavy (non-hydrogen) atoms. The van der Waals surface area contributed by atoms with Crippen molar-refractivity contribution in [1.82, 2.24) is 4.98 Å². The van der Waals surface area contributed by atoms with Gasteiger partial charge >= 0.3 is 0 Å². The number of rotatable bonds is 3. The maximum absolute atomic E-state index is 6.08. The first-order valence-electron chi connectivity index (χ1n) is 5.65. The van der Waals surface area contributed by atoms with E-state index in [1.54, 1.807) is 17.4 Å². The van der Waals surface area contributed by atoms with E-state index in [2.05, 4.69) is 18.8 Å². The van der Waals surface area contributed by atoms with Crippen LogP contribution in [0.5, 0.6) is 0 Å². The lowest BCUT2D eigenvalue weighted by Gasteiger charge is -2.11. The van der Waals surface area contributed by atoms with Gasteiger partial charge in [-0.25, -0.2) is 4.98 Å². The van der Waals surface area contributed by atoms with Crippen LogP contribution in [0.3, 0.4) is 0 Å². The minimum atomic E-state index is -0.0217. The summed E-state index contributed by atoms with van der Waals surface area (Å²) in [6, 6.07) is 5.49. The summed E-state index contributed by atoms with van der Waals surface area (Å²) in [6.07, 6.45) is 0. The van der Waals surface area contributed by atoms with E-state index in [0.717, 1.165) is 16.3 Å². The third kappa shape index (κ3) is 2.86. The molecular formula is C13H14Cl2N2S. The quantitative estimate of drug-likeness (QED) is 0.886. The third-order valence-corrected chi connectivity index (χ3v) is 4.43. The van der Waals surface area contributed by atoms with Crippen molar-refractivity contribution in [3.63, 3.8) is 0 Å². The van der Waals surface area contributed by atoms with Gasteiger partial charge in [0.1, 0.15) is 5.01 Å². The summed E-state index contributed by atoms with van der Waals surface area (Å²) in [5.74, 6) is 0.373. The number of halogens is 2. The van der Waals surface area contributed by atoms with Crippen molar-refractivity contribution in [2.75, 3.05) is 0 Å². The molecule has 0 saturated carbocycles. The van der Waals surface area contributed by atoms with Crippen LogP contribution in [0.4, 0.5) is 0 Å². The number of hydrogen-bond acceptors (Lipinski definition) is 3. The molecular weight excluding hydrogens is 287 g/mol. The molecule has 0 fully saturated rings. The van der Waals surface area contributed by atoms with Crippen molar-refractivity contribution in [2.45, 2.75) is 19.9 Å². The van der Waals surface area contributed by atoms with Crippen molar-refractivity contribution in [2.24, 2.45) is 11.7 Å². The van der Waals surface area contributed by atoms with Crippen LogP contribution in [0.1, 0.15) is 24.9 Å². The van der Waals surface area contributed by atoms with Gasteiger partial charge in [-0.2, -0.15) is 0 Å². The normalized spacial score (nSPS) is 13.0. The van der Waals surface area contributed by atoms with Gasteiger partial charge in [0.2, 0.25) is 0 Å². The second-order valence-electron chi connectivity index (χ2n) is 4.47. The summed E-state index contributed by atoms with van der Waals surface area (Å²) in [4.78, 5) is 4.56. The average molecular weight is 301 g/mol. The second kappa shape index (κ2) is 5.57. The number of aromatic nitrogens is 1. The molecule has 0 aliphatic heterocycles. The van der Waals surface area contributed by atoms with E-state index in [4.69, 9.17) is 28.9 Å². The van der Waals surface area contributed by atoms with Crippen molar-refractivity contribution >= 4 is 34.5 Å². The molecule has 1 aromatic carbocycles. The first-order chi connectivity index (χ1) is 8.49. The minimum Gasteiger partial charge on any atom is -0.322 e. The van der Waals surface area contributed by atoms with Crippen molar-refractivity contribution in [1.29, 1.82) is 0 Å². The Balaban J connectivity index is 2.32. The lowest BCUT2D eigenvalue weighted by Crippen LogP contribution is -2.16. The molecule has 1 aromatic heterocycles. The van der Waals surface area contributed by atoms with Gasteiger partial charge in [-0.15, -0.1) is 11.3 Å². The number of hydrogen-bond donors (Lipinski definition) is 1. The van der Waals surface area contributed by atoms with Gasteiger partial charge in [0.05, 0.1) is 21.8 Å². The molecule has 2 N–H and O–H groups in total. The van der Waals surface area contributed by atoms with Crippen molar-refractivity contribution in [3.8, 4) is 11.3 Å². The zero-order chi connectivity index (χ0) is 13.3. The van der Waals surface area contributed by atoms with E-state index >= 15 is 0 Å². The summed E-state index contributed by atoms with van der Waals surface area (Å²) in [5.41, 5.74) is 7.94. The number of nitrogens with zero attached hydrogens (tertiary/aromatic N) is 1. The lowest BCUT2D eigenvalue weighted by atomic mass is 10.1. The van der Waals surface area contributed by atoms with Crippen molar-refractivity contribution < 1.29 is 0 Å². The maximum atomic E-state index is 6.08. The molecule has 0 aliphatic rings. The summed E-state index contributed by atoms with van der Waals surface area (Å²) in [6.45, 7) is 4.18. The summed E-state index contributed by atoms with van der Waals surface area (Å²) in [7, 11) is 0. The molecule has 2 rings (SSSR count). The van der Waals surface area contributed by atoms with Gasteiger partial charge in [-0.3, -0.25) is 0 Å². The third-order valence-electron chi connectivity index (χ3n) is 2.74. The molecule has 0 spiro atoms. The van der Waals surface area contributed by atoms with Crippen LogP contribution in [-0.4, -0.2) is 4.98 Å². The Kier molecular flexibility index (Phi) is 4.28. The van der Waals surface area contributed by atoms with Crippen LogP contribution in [0, 0.1) is 5.92 Å². The zero-order valence-corrected chi connectivity index (χ0v) is 12.5. The highest BCUT2D eigenvalue weighted by molar-refractivity contribution is 7.10. The molecule has 0 radical (unpaired) electrons. The highest BCUT2D eigenvalue weighted by Crippen LogP contribution is 2.31. The Morgan fingerprint density at radius 3 is 2.56 bits per heavy atom. The SMILES string of the molecule is CC(C)C(N)c1nc(-c2ccc(Cl)c(Cl)c2)cs1. The standard InChI is InChI=1S/C13H14Cl2N2S/c1-7(2)12(16)13-17-11(6-18-13)8-3-4-9(14)10(15)5-8/h3-7,12H,16H2,1-2H3.